The third-order valence-corrected chi connectivity index (χ3v) is 7.66. The second-order valence-electron chi connectivity index (χ2n) is 8.94. The first-order valence-corrected chi connectivity index (χ1v) is 13.5. The molecule has 0 aromatic heterocycles. The second-order valence-corrected chi connectivity index (χ2v) is 10.5. The lowest BCUT2D eigenvalue weighted by molar-refractivity contribution is -0.117. The van der Waals surface area contributed by atoms with Crippen molar-refractivity contribution in [3.05, 3.63) is 78.8 Å². The van der Waals surface area contributed by atoms with Gasteiger partial charge in [0.05, 0.1) is 10.2 Å². The number of ketones is 2. The summed E-state index contributed by atoms with van der Waals surface area (Å²) in [7, 11) is 0. The Bertz CT molecular complexity index is 1200. The number of hydrogen-bond acceptors (Lipinski definition) is 5. The number of carbonyl (C=O) groups excluding carboxylic acids is 2. The highest BCUT2D eigenvalue weighted by Crippen LogP contribution is 2.49. The minimum absolute atomic E-state index is 0.0669. The van der Waals surface area contributed by atoms with E-state index in [4.69, 9.17) is 25.8 Å². The lowest BCUT2D eigenvalue weighted by Gasteiger charge is -2.36. The SMILES string of the molecule is CCOc1cc(C2C3=C(CCCC3=O)OC3=C2C(=O)CCC3)cc(I)c1OCc1ccc(Cl)cc1. The Balaban J connectivity index is 1.56. The summed E-state index contributed by atoms with van der Waals surface area (Å²) in [5.41, 5.74) is 3.13. The molecule has 0 saturated heterocycles. The van der Waals surface area contributed by atoms with Crippen molar-refractivity contribution in [3.8, 4) is 11.5 Å². The quantitative estimate of drug-likeness (QED) is 0.331. The molecule has 0 amide bonds. The standard InChI is InChI=1S/C28H26ClIO5/c1-2-33-24-14-17(13-19(30)28(24)34-15-16-9-11-18(29)12-10-16)25-26-20(31)5-3-7-22(26)35-23-8-4-6-21(32)27(23)25/h9-14,25H,2-8,15H2,1H3. The van der Waals surface area contributed by atoms with Gasteiger partial charge >= 0.3 is 0 Å². The van der Waals surface area contributed by atoms with Gasteiger partial charge in [-0.2, -0.15) is 0 Å². The average molecular weight is 605 g/mol. The molecule has 7 heteroatoms. The number of rotatable bonds is 6. The van der Waals surface area contributed by atoms with E-state index >= 15 is 0 Å². The van der Waals surface area contributed by atoms with E-state index in [1.54, 1.807) is 0 Å². The van der Waals surface area contributed by atoms with Crippen LogP contribution in [0.15, 0.2) is 59.1 Å². The summed E-state index contributed by atoms with van der Waals surface area (Å²) in [6.07, 6.45) is 3.96. The van der Waals surface area contributed by atoms with E-state index in [2.05, 4.69) is 22.6 Å². The largest absolute Gasteiger partial charge is 0.490 e. The highest BCUT2D eigenvalue weighted by molar-refractivity contribution is 14.1. The Hall–Kier alpha value is -2.32. The number of carbonyl (C=O) groups is 2. The first-order valence-electron chi connectivity index (χ1n) is 12.0. The number of allylic oxidation sites excluding steroid dienone is 4. The molecular weight excluding hydrogens is 579 g/mol. The Kier molecular flexibility index (Phi) is 7.21. The summed E-state index contributed by atoms with van der Waals surface area (Å²) in [6.45, 7) is 2.75. The van der Waals surface area contributed by atoms with E-state index in [0.29, 0.717) is 53.7 Å². The predicted molar refractivity (Wildman–Crippen MR) is 142 cm³/mol. The van der Waals surface area contributed by atoms with E-state index in [0.717, 1.165) is 51.9 Å². The van der Waals surface area contributed by atoms with Crippen LogP contribution in [0.4, 0.5) is 0 Å². The molecule has 182 valence electrons. The topological polar surface area (TPSA) is 61.8 Å². The van der Waals surface area contributed by atoms with Crippen LogP contribution in [0.1, 0.15) is 62.5 Å². The first-order chi connectivity index (χ1) is 17.0. The van der Waals surface area contributed by atoms with Crippen LogP contribution in [0, 0.1) is 3.57 Å². The highest BCUT2D eigenvalue weighted by Gasteiger charge is 2.42. The molecule has 1 aliphatic heterocycles. The minimum Gasteiger partial charge on any atom is -0.490 e. The van der Waals surface area contributed by atoms with Crippen molar-refractivity contribution in [1.29, 1.82) is 0 Å². The number of ether oxygens (including phenoxy) is 3. The van der Waals surface area contributed by atoms with Gasteiger partial charge in [-0.25, -0.2) is 0 Å². The van der Waals surface area contributed by atoms with Gasteiger partial charge in [0.15, 0.2) is 23.1 Å². The fraction of sp³-hybridized carbons (Fsp3) is 0.357. The summed E-state index contributed by atoms with van der Waals surface area (Å²) in [5, 5.41) is 0.677. The van der Waals surface area contributed by atoms with Crippen LogP contribution in [0.25, 0.3) is 0 Å². The van der Waals surface area contributed by atoms with Gasteiger partial charge in [-0.3, -0.25) is 9.59 Å². The van der Waals surface area contributed by atoms with Crippen LogP contribution in [-0.4, -0.2) is 18.2 Å². The van der Waals surface area contributed by atoms with Crippen LogP contribution in [-0.2, 0) is 20.9 Å². The van der Waals surface area contributed by atoms with Crippen molar-refractivity contribution >= 4 is 45.8 Å². The van der Waals surface area contributed by atoms with Crippen molar-refractivity contribution in [1.82, 2.24) is 0 Å². The zero-order valence-corrected chi connectivity index (χ0v) is 22.4. The van der Waals surface area contributed by atoms with Crippen LogP contribution in [0.2, 0.25) is 5.02 Å². The fourth-order valence-corrected chi connectivity index (χ4v) is 5.95. The van der Waals surface area contributed by atoms with Crippen molar-refractivity contribution in [2.45, 2.75) is 58.0 Å². The molecule has 5 nitrogen and oxygen atoms in total. The van der Waals surface area contributed by atoms with Gasteiger partial charge in [-0.05, 0) is 77.7 Å². The Morgan fingerprint density at radius 1 is 0.943 bits per heavy atom. The zero-order valence-electron chi connectivity index (χ0n) is 19.5. The van der Waals surface area contributed by atoms with Crippen molar-refractivity contribution in [2.24, 2.45) is 0 Å². The van der Waals surface area contributed by atoms with Gasteiger partial charge in [-0.1, -0.05) is 23.7 Å². The number of hydrogen-bond donors (Lipinski definition) is 0. The summed E-state index contributed by atoms with van der Waals surface area (Å²) in [6, 6.07) is 11.5. The van der Waals surface area contributed by atoms with Gasteiger partial charge in [0.2, 0.25) is 0 Å². The molecule has 35 heavy (non-hydrogen) atoms. The molecule has 0 N–H and O–H groups in total. The smallest absolute Gasteiger partial charge is 0.174 e. The van der Waals surface area contributed by atoms with Gasteiger partial charge < -0.3 is 14.2 Å². The van der Waals surface area contributed by atoms with Gasteiger partial charge in [-0.15, -0.1) is 0 Å². The summed E-state index contributed by atoms with van der Waals surface area (Å²) in [4.78, 5) is 26.2. The first kappa shape index (κ1) is 24.4. The highest BCUT2D eigenvalue weighted by atomic mass is 127. The van der Waals surface area contributed by atoms with Gasteiger partial charge in [0, 0.05) is 47.8 Å². The van der Waals surface area contributed by atoms with Crippen molar-refractivity contribution in [2.75, 3.05) is 6.61 Å². The molecule has 3 aliphatic rings. The van der Waals surface area contributed by atoms with Crippen LogP contribution < -0.4 is 9.47 Å². The summed E-state index contributed by atoms with van der Waals surface area (Å²) < 4.78 is 19.2. The number of benzene rings is 2. The maximum absolute atomic E-state index is 13.1. The van der Waals surface area contributed by atoms with Gasteiger partial charge in [0.1, 0.15) is 18.1 Å². The minimum atomic E-state index is -0.424. The van der Waals surface area contributed by atoms with E-state index in [-0.39, 0.29) is 11.6 Å². The van der Waals surface area contributed by atoms with Crippen LogP contribution in [0.5, 0.6) is 11.5 Å². The molecule has 0 spiro atoms. The molecule has 0 bridgehead atoms. The zero-order chi connectivity index (χ0) is 24.5. The Labute approximate surface area is 223 Å². The predicted octanol–water partition coefficient (Wildman–Crippen LogP) is 7.05. The van der Waals surface area contributed by atoms with E-state index in [1.165, 1.54) is 0 Å². The Morgan fingerprint density at radius 3 is 2.17 bits per heavy atom. The normalized spacial score (nSPS) is 18.3. The van der Waals surface area contributed by atoms with Crippen molar-refractivity contribution in [3.63, 3.8) is 0 Å². The van der Waals surface area contributed by atoms with E-state index < -0.39 is 5.92 Å². The molecule has 0 saturated carbocycles. The van der Waals surface area contributed by atoms with Crippen LogP contribution in [0.3, 0.4) is 0 Å². The lowest BCUT2D eigenvalue weighted by atomic mass is 9.73. The molecule has 2 aromatic carbocycles. The van der Waals surface area contributed by atoms with Crippen molar-refractivity contribution < 1.29 is 23.8 Å². The molecule has 0 atom stereocenters. The Morgan fingerprint density at radius 2 is 1.57 bits per heavy atom. The monoisotopic (exact) mass is 604 g/mol. The molecule has 0 radical (unpaired) electrons. The molecule has 2 aliphatic carbocycles. The average Bonchev–Trinajstić information content (AvgIpc) is 2.84. The fourth-order valence-electron chi connectivity index (χ4n) is 5.04. The second kappa shape index (κ2) is 10.3. The molecular formula is C28H26ClIO5. The number of Topliss-reactive ketones (excluding diaryl/α,β-unsaturated/α-hetero) is 2. The maximum atomic E-state index is 13.1. The summed E-state index contributed by atoms with van der Waals surface area (Å²) in [5.74, 6) is 2.42. The molecule has 0 fully saturated rings. The molecule has 1 heterocycles. The third-order valence-electron chi connectivity index (χ3n) is 6.60. The third kappa shape index (κ3) is 4.87. The van der Waals surface area contributed by atoms with Crippen LogP contribution >= 0.6 is 34.2 Å². The van der Waals surface area contributed by atoms with Gasteiger partial charge in [0.25, 0.3) is 0 Å². The lowest BCUT2D eigenvalue weighted by Crippen LogP contribution is -2.30. The maximum Gasteiger partial charge on any atom is 0.174 e. The molecule has 0 unspecified atom stereocenters. The molecule has 5 rings (SSSR count). The summed E-state index contributed by atoms with van der Waals surface area (Å²) >= 11 is 8.25. The molecule has 2 aromatic rings. The van der Waals surface area contributed by atoms with E-state index in [9.17, 15) is 9.59 Å². The number of halogens is 2. The van der Waals surface area contributed by atoms with E-state index in [1.807, 2.05) is 43.3 Å².